The van der Waals surface area contributed by atoms with Crippen LogP contribution in [0.3, 0.4) is 0 Å². The maximum atomic E-state index is 6.32. The summed E-state index contributed by atoms with van der Waals surface area (Å²) in [4.78, 5) is 0. The molecule has 1 atom stereocenters. The molecule has 0 aromatic carbocycles. The van der Waals surface area contributed by atoms with E-state index in [0.717, 1.165) is 19.4 Å². The summed E-state index contributed by atoms with van der Waals surface area (Å²) in [5, 5.41) is 7.92. The van der Waals surface area contributed by atoms with Gasteiger partial charge in [-0.1, -0.05) is 13.8 Å². The molecule has 0 amide bonds. The quantitative estimate of drug-likeness (QED) is 0.784. The average molecular weight is 360 g/mol. The Morgan fingerprint density at radius 3 is 2.40 bits per heavy atom. The zero-order valence-electron chi connectivity index (χ0n) is 13.0. The highest BCUT2D eigenvalue weighted by Crippen LogP contribution is 2.48. The fraction of sp³-hybridized carbons (Fsp3) is 0.750. The van der Waals surface area contributed by atoms with Crippen molar-refractivity contribution < 1.29 is 4.74 Å². The molecule has 2 rings (SSSR count). The summed E-state index contributed by atoms with van der Waals surface area (Å²) >= 11 is 5.43. The number of halogens is 1. The Morgan fingerprint density at radius 2 is 1.95 bits per heavy atom. The monoisotopic (exact) mass is 359 g/mol. The molecule has 1 N–H and O–H groups in total. The number of likely N-dealkylation sites (N-methyl/N-ethyl adjacent to an activating group) is 1. The van der Waals surface area contributed by atoms with Gasteiger partial charge >= 0.3 is 0 Å². The highest BCUT2D eigenvalue weighted by Gasteiger charge is 2.45. The van der Waals surface area contributed by atoms with Gasteiger partial charge in [-0.15, -0.1) is 0 Å². The molecule has 1 aliphatic rings. The highest BCUT2D eigenvalue weighted by molar-refractivity contribution is 9.10. The molecular weight excluding hydrogens is 334 g/mol. The van der Waals surface area contributed by atoms with Crippen LogP contribution in [0, 0.1) is 5.41 Å². The molecule has 1 aromatic heterocycles. The van der Waals surface area contributed by atoms with Crippen molar-refractivity contribution in [2.75, 3.05) is 13.7 Å². The van der Waals surface area contributed by atoms with Crippen LogP contribution in [0.15, 0.2) is 15.2 Å². The van der Waals surface area contributed by atoms with Gasteiger partial charge in [-0.05, 0) is 71.9 Å². The molecule has 1 saturated carbocycles. The summed E-state index contributed by atoms with van der Waals surface area (Å²) in [6.07, 6.45) is 4.71. The molecule has 0 spiro atoms. The Morgan fingerprint density at radius 1 is 1.30 bits per heavy atom. The predicted molar refractivity (Wildman–Crippen MR) is 90.4 cm³/mol. The molecule has 4 heteroatoms. The average Bonchev–Trinajstić information content (AvgIpc) is 2.81. The molecule has 0 radical (unpaired) electrons. The second-order valence-electron chi connectivity index (χ2n) is 6.56. The van der Waals surface area contributed by atoms with Crippen molar-refractivity contribution in [2.24, 2.45) is 5.41 Å². The second kappa shape index (κ2) is 6.47. The van der Waals surface area contributed by atoms with Crippen LogP contribution in [-0.2, 0) is 4.74 Å². The van der Waals surface area contributed by atoms with E-state index >= 15 is 0 Å². The lowest BCUT2D eigenvalue weighted by molar-refractivity contribution is -0.106. The van der Waals surface area contributed by atoms with Crippen molar-refractivity contribution in [1.82, 2.24) is 5.32 Å². The molecule has 1 unspecified atom stereocenters. The number of thiophene rings is 1. The van der Waals surface area contributed by atoms with Crippen molar-refractivity contribution in [3.63, 3.8) is 0 Å². The van der Waals surface area contributed by atoms with Gasteiger partial charge in [-0.2, -0.15) is 11.3 Å². The summed E-state index contributed by atoms with van der Waals surface area (Å²) in [6, 6.07) is 0.263. The van der Waals surface area contributed by atoms with E-state index in [9.17, 15) is 0 Å². The summed E-state index contributed by atoms with van der Waals surface area (Å²) in [6.45, 7) is 7.63. The Balaban J connectivity index is 2.29. The van der Waals surface area contributed by atoms with Gasteiger partial charge in [-0.3, -0.25) is 0 Å². The van der Waals surface area contributed by atoms with Crippen LogP contribution in [0.5, 0.6) is 0 Å². The normalized spacial score (nSPS) is 22.6. The van der Waals surface area contributed by atoms with Gasteiger partial charge in [0.2, 0.25) is 0 Å². The van der Waals surface area contributed by atoms with E-state index < -0.39 is 0 Å². The molecule has 1 fully saturated rings. The number of ether oxygens (including phenoxy) is 1. The Labute approximate surface area is 135 Å². The first-order valence-electron chi connectivity index (χ1n) is 7.47. The molecule has 20 heavy (non-hydrogen) atoms. The fourth-order valence-electron chi connectivity index (χ4n) is 3.35. The molecule has 0 saturated heterocycles. The van der Waals surface area contributed by atoms with Crippen molar-refractivity contribution >= 4 is 27.3 Å². The molecule has 0 aliphatic heterocycles. The molecule has 0 bridgehead atoms. The minimum atomic E-state index is -0.0669. The van der Waals surface area contributed by atoms with E-state index in [1.54, 1.807) is 11.3 Å². The van der Waals surface area contributed by atoms with Crippen LogP contribution in [0.2, 0.25) is 0 Å². The Hall–Kier alpha value is 0.100. The number of hydrogen-bond acceptors (Lipinski definition) is 3. The SMILES string of the molecule is CCOC1(C(NC)c2cscc2Br)CCC(C)(C)CC1. The van der Waals surface area contributed by atoms with Gasteiger partial charge in [0.25, 0.3) is 0 Å². The van der Waals surface area contributed by atoms with Crippen molar-refractivity contribution in [3.05, 3.63) is 20.8 Å². The lowest BCUT2D eigenvalue weighted by atomic mass is 9.67. The van der Waals surface area contributed by atoms with E-state index in [0.29, 0.717) is 5.41 Å². The van der Waals surface area contributed by atoms with Crippen LogP contribution in [0.4, 0.5) is 0 Å². The van der Waals surface area contributed by atoms with E-state index in [1.165, 1.54) is 22.9 Å². The van der Waals surface area contributed by atoms with Crippen LogP contribution in [0.25, 0.3) is 0 Å². The zero-order chi connectivity index (χ0) is 14.8. The highest BCUT2D eigenvalue weighted by atomic mass is 79.9. The van der Waals surface area contributed by atoms with Crippen LogP contribution < -0.4 is 5.32 Å². The fourth-order valence-corrected chi connectivity index (χ4v) is 4.90. The van der Waals surface area contributed by atoms with Gasteiger partial charge in [0.15, 0.2) is 0 Å². The number of rotatable bonds is 5. The Bertz CT molecular complexity index is 433. The smallest absolute Gasteiger partial charge is 0.0877 e. The summed E-state index contributed by atoms with van der Waals surface area (Å²) in [7, 11) is 2.05. The summed E-state index contributed by atoms with van der Waals surface area (Å²) in [5.74, 6) is 0. The van der Waals surface area contributed by atoms with Crippen LogP contribution in [-0.4, -0.2) is 19.3 Å². The van der Waals surface area contributed by atoms with Gasteiger partial charge in [0.1, 0.15) is 0 Å². The van der Waals surface area contributed by atoms with E-state index in [4.69, 9.17) is 4.74 Å². The van der Waals surface area contributed by atoms with Crippen molar-refractivity contribution in [3.8, 4) is 0 Å². The minimum Gasteiger partial charge on any atom is -0.373 e. The molecular formula is C16H26BrNOS. The lowest BCUT2D eigenvalue weighted by Crippen LogP contribution is -2.49. The van der Waals surface area contributed by atoms with Crippen LogP contribution >= 0.6 is 27.3 Å². The standard InChI is InChI=1S/C16H26BrNOS/c1-5-19-16(8-6-15(2,3)7-9-16)14(18-4)12-10-20-11-13(12)17/h10-11,14,18H,5-9H2,1-4H3. The van der Waals surface area contributed by atoms with Gasteiger partial charge < -0.3 is 10.1 Å². The Kier molecular flexibility index (Phi) is 5.33. The first-order valence-corrected chi connectivity index (χ1v) is 9.20. The zero-order valence-corrected chi connectivity index (χ0v) is 15.4. The maximum Gasteiger partial charge on any atom is 0.0877 e. The second-order valence-corrected chi connectivity index (χ2v) is 8.16. The van der Waals surface area contributed by atoms with Gasteiger partial charge in [-0.25, -0.2) is 0 Å². The van der Waals surface area contributed by atoms with Gasteiger partial charge in [0, 0.05) is 16.5 Å². The summed E-state index contributed by atoms with van der Waals surface area (Å²) < 4.78 is 7.52. The molecule has 2 nitrogen and oxygen atoms in total. The van der Waals surface area contributed by atoms with Crippen molar-refractivity contribution in [2.45, 2.75) is 58.1 Å². The molecule has 114 valence electrons. The van der Waals surface area contributed by atoms with Crippen molar-refractivity contribution in [1.29, 1.82) is 0 Å². The topological polar surface area (TPSA) is 21.3 Å². The van der Waals surface area contributed by atoms with Crippen LogP contribution in [0.1, 0.15) is 58.1 Å². The molecule has 1 aliphatic carbocycles. The molecule has 1 heterocycles. The third kappa shape index (κ3) is 3.29. The first-order chi connectivity index (χ1) is 9.44. The van der Waals surface area contributed by atoms with E-state index in [2.05, 4.69) is 59.8 Å². The third-order valence-electron chi connectivity index (χ3n) is 4.65. The largest absolute Gasteiger partial charge is 0.373 e. The predicted octanol–water partition coefficient (Wildman–Crippen LogP) is 5.15. The van der Waals surface area contributed by atoms with E-state index in [-0.39, 0.29) is 11.6 Å². The number of nitrogens with one attached hydrogen (secondary N) is 1. The first kappa shape index (κ1) is 16.5. The van der Waals surface area contributed by atoms with Gasteiger partial charge in [0.05, 0.1) is 11.6 Å². The maximum absolute atomic E-state index is 6.32. The summed E-state index contributed by atoms with van der Waals surface area (Å²) in [5.41, 5.74) is 1.72. The lowest BCUT2D eigenvalue weighted by Gasteiger charge is -2.47. The van der Waals surface area contributed by atoms with E-state index in [1.807, 2.05) is 0 Å². The third-order valence-corrected chi connectivity index (χ3v) is 6.40. The molecule has 1 aromatic rings. The minimum absolute atomic E-state index is 0.0669. The number of hydrogen-bond donors (Lipinski definition) is 1.